The Kier molecular flexibility index (Phi) is 7.89. The van der Waals surface area contributed by atoms with E-state index in [1.807, 2.05) is 4.90 Å². The Morgan fingerprint density at radius 3 is 2.65 bits per heavy atom. The molecule has 1 atom stereocenters. The number of anilines is 2. The number of hydrogen-bond acceptors (Lipinski definition) is 8. The molecule has 0 radical (unpaired) electrons. The second kappa shape index (κ2) is 11.3. The third kappa shape index (κ3) is 5.81. The number of nitrogens with one attached hydrogen (secondary N) is 1. The Hall–Kier alpha value is -4.16. The summed E-state index contributed by atoms with van der Waals surface area (Å²) < 4.78 is 25.5. The lowest BCUT2D eigenvalue weighted by Crippen LogP contribution is -2.39. The first-order valence-electron chi connectivity index (χ1n) is 11.5. The predicted molar refractivity (Wildman–Crippen MR) is 131 cm³/mol. The summed E-state index contributed by atoms with van der Waals surface area (Å²) in [4.78, 5) is 45.9. The first-order valence-corrected chi connectivity index (χ1v) is 11.5. The van der Waals surface area contributed by atoms with Crippen LogP contribution < -0.4 is 15.3 Å². The fourth-order valence-corrected chi connectivity index (χ4v) is 4.00. The molecule has 37 heavy (non-hydrogen) atoms. The van der Waals surface area contributed by atoms with Gasteiger partial charge in [-0.1, -0.05) is 6.07 Å². The Balaban J connectivity index is 1.39. The number of ether oxygens (including phenoxy) is 2. The molecule has 2 aromatic rings. The number of nitrogens with zero attached hydrogens (tertiary/aromatic N) is 3. The van der Waals surface area contributed by atoms with Crippen LogP contribution in [0.4, 0.5) is 20.6 Å². The zero-order valence-corrected chi connectivity index (χ0v) is 20.3. The number of phenolic OH excluding ortho intramolecular Hbond substituents is 1. The van der Waals surface area contributed by atoms with Crippen molar-refractivity contribution < 1.29 is 38.2 Å². The van der Waals surface area contributed by atoms with Crippen molar-refractivity contribution in [3.05, 3.63) is 59.4 Å². The average molecular weight is 515 g/mol. The second-order valence-electron chi connectivity index (χ2n) is 8.38. The molecule has 196 valence electrons. The summed E-state index contributed by atoms with van der Waals surface area (Å²) in [6, 6.07) is 8.79. The highest BCUT2D eigenvalue weighted by Gasteiger charge is 2.36. The molecule has 4 rings (SSSR count). The lowest BCUT2D eigenvalue weighted by Gasteiger charge is -2.29. The molecule has 2 N–H and O–H groups in total. The summed E-state index contributed by atoms with van der Waals surface area (Å²) >= 11 is 0. The van der Waals surface area contributed by atoms with E-state index in [1.165, 1.54) is 54.3 Å². The van der Waals surface area contributed by atoms with Gasteiger partial charge in [0.1, 0.15) is 11.6 Å². The normalized spacial score (nSPS) is 17.7. The number of carbonyl (C=O) groups excluding carboxylic acids is 3. The highest BCUT2D eigenvalue weighted by Crippen LogP contribution is 2.29. The molecule has 0 saturated carbocycles. The van der Waals surface area contributed by atoms with Crippen molar-refractivity contribution in [3.8, 4) is 5.75 Å². The Morgan fingerprint density at radius 1 is 1.22 bits per heavy atom. The number of morpholine rings is 1. The van der Waals surface area contributed by atoms with Crippen LogP contribution in [0.2, 0.25) is 0 Å². The smallest absolute Gasteiger partial charge is 0.416 e. The molecule has 2 aliphatic heterocycles. The standard InChI is InChI=1S/C25H27FN4O7/c1-28(22(32)8-4-16-3-6-18(21(31)13-16)24(33)27-35-2)23-15-30(25(34)37-23)17-5-7-20(19(26)14-17)29-9-11-36-12-10-29/h3-8,13-14,23,31H,9-12,15H2,1-2H3,(H,27,33)/b8-4+/t23-/m0/s1. The molecule has 0 aliphatic carbocycles. The Bertz CT molecular complexity index is 1220. The van der Waals surface area contributed by atoms with Gasteiger partial charge in [0.2, 0.25) is 5.91 Å². The summed E-state index contributed by atoms with van der Waals surface area (Å²) in [6.45, 7) is 2.23. The molecule has 2 fully saturated rings. The summed E-state index contributed by atoms with van der Waals surface area (Å²) in [7, 11) is 2.75. The summed E-state index contributed by atoms with van der Waals surface area (Å²) in [5, 5.41) is 10.1. The summed E-state index contributed by atoms with van der Waals surface area (Å²) in [5.74, 6) is -1.83. The molecule has 2 aliphatic rings. The van der Waals surface area contributed by atoms with Gasteiger partial charge in [-0.3, -0.25) is 19.3 Å². The molecular weight excluding hydrogens is 487 g/mol. The van der Waals surface area contributed by atoms with Crippen LogP contribution in [0.25, 0.3) is 6.08 Å². The quantitative estimate of drug-likeness (QED) is 0.426. The second-order valence-corrected chi connectivity index (χ2v) is 8.38. The number of rotatable bonds is 7. The number of amides is 3. The predicted octanol–water partition coefficient (Wildman–Crippen LogP) is 2.11. The first-order chi connectivity index (χ1) is 17.8. The van der Waals surface area contributed by atoms with Gasteiger partial charge in [-0.25, -0.2) is 14.7 Å². The molecule has 0 bridgehead atoms. The van der Waals surface area contributed by atoms with E-state index >= 15 is 0 Å². The van der Waals surface area contributed by atoms with Crippen LogP contribution >= 0.6 is 0 Å². The Morgan fingerprint density at radius 2 is 1.97 bits per heavy atom. The third-order valence-corrected chi connectivity index (χ3v) is 6.05. The average Bonchev–Trinajstić information content (AvgIpc) is 3.28. The van der Waals surface area contributed by atoms with E-state index in [0.29, 0.717) is 43.2 Å². The van der Waals surface area contributed by atoms with Gasteiger partial charge in [0, 0.05) is 26.2 Å². The van der Waals surface area contributed by atoms with Crippen molar-refractivity contribution in [1.29, 1.82) is 0 Å². The highest BCUT2D eigenvalue weighted by molar-refractivity contribution is 5.97. The Labute approximate surface area is 212 Å². The van der Waals surface area contributed by atoms with E-state index in [1.54, 1.807) is 18.2 Å². The van der Waals surface area contributed by atoms with Crippen molar-refractivity contribution in [1.82, 2.24) is 10.4 Å². The molecule has 2 saturated heterocycles. The fraction of sp³-hybridized carbons (Fsp3) is 0.320. The largest absolute Gasteiger partial charge is 0.507 e. The minimum absolute atomic E-state index is 0.00909. The molecule has 3 amide bonds. The molecular formula is C25H27FN4O7. The van der Waals surface area contributed by atoms with E-state index < -0.39 is 30.0 Å². The lowest BCUT2D eigenvalue weighted by molar-refractivity contribution is -0.131. The zero-order chi connectivity index (χ0) is 26.5. The maximum atomic E-state index is 14.8. The van der Waals surface area contributed by atoms with Crippen LogP contribution in [0.1, 0.15) is 15.9 Å². The van der Waals surface area contributed by atoms with Crippen molar-refractivity contribution in [2.45, 2.75) is 6.23 Å². The van der Waals surface area contributed by atoms with Gasteiger partial charge < -0.3 is 24.4 Å². The van der Waals surface area contributed by atoms with Gasteiger partial charge in [0.05, 0.1) is 43.8 Å². The van der Waals surface area contributed by atoms with Crippen molar-refractivity contribution in [3.63, 3.8) is 0 Å². The van der Waals surface area contributed by atoms with E-state index in [9.17, 15) is 23.9 Å². The van der Waals surface area contributed by atoms with Crippen LogP contribution in [0, 0.1) is 5.82 Å². The maximum absolute atomic E-state index is 14.8. The van der Waals surface area contributed by atoms with Gasteiger partial charge in [-0.15, -0.1) is 0 Å². The van der Waals surface area contributed by atoms with Gasteiger partial charge in [0.15, 0.2) is 6.23 Å². The van der Waals surface area contributed by atoms with Gasteiger partial charge >= 0.3 is 6.09 Å². The van der Waals surface area contributed by atoms with Crippen LogP contribution in [0.15, 0.2) is 42.5 Å². The highest BCUT2D eigenvalue weighted by atomic mass is 19.1. The van der Waals surface area contributed by atoms with E-state index in [2.05, 4.69) is 10.3 Å². The molecule has 11 nitrogen and oxygen atoms in total. The van der Waals surface area contributed by atoms with Gasteiger partial charge in [-0.05, 0) is 42.0 Å². The topological polar surface area (TPSA) is 121 Å². The number of hydroxylamine groups is 1. The number of carbonyl (C=O) groups is 3. The SMILES string of the molecule is CONC(=O)c1ccc(/C=C/C(=O)N(C)[C@@H]2CN(c3ccc(N4CCOCC4)c(F)c3)C(=O)O2)cc1O. The van der Waals surface area contributed by atoms with Gasteiger partial charge in [-0.2, -0.15) is 0 Å². The van der Waals surface area contributed by atoms with E-state index in [4.69, 9.17) is 9.47 Å². The number of halogens is 1. The maximum Gasteiger partial charge on any atom is 0.416 e. The van der Waals surface area contributed by atoms with Crippen molar-refractivity contribution in [2.24, 2.45) is 0 Å². The van der Waals surface area contributed by atoms with Crippen LogP contribution in [0.3, 0.4) is 0 Å². The summed E-state index contributed by atoms with van der Waals surface area (Å²) in [6.07, 6.45) is 1.11. The number of phenols is 1. The van der Waals surface area contributed by atoms with Crippen molar-refractivity contribution in [2.75, 3.05) is 56.8 Å². The van der Waals surface area contributed by atoms with Crippen LogP contribution in [-0.4, -0.2) is 81.1 Å². The zero-order valence-electron chi connectivity index (χ0n) is 20.3. The molecule has 0 spiro atoms. The fourth-order valence-electron chi connectivity index (χ4n) is 4.00. The third-order valence-electron chi connectivity index (χ3n) is 6.05. The number of hydrogen-bond donors (Lipinski definition) is 2. The van der Waals surface area contributed by atoms with E-state index in [-0.39, 0.29) is 17.9 Å². The van der Waals surface area contributed by atoms with Crippen LogP contribution in [-0.2, 0) is 19.1 Å². The minimum atomic E-state index is -0.889. The van der Waals surface area contributed by atoms with E-state index in [0.717, 1.165) is 0 Å². The van der Waals surface area contributed by atoms with Gasteiger partial charge in [0.25, 0.3) is 5.91 Å². The number of likely N-dealkylation sites (N-methyl/N-ethyl adjacent to an activating group) is 1. The number of cyclic esters (lactones) is 1. The molecule has 0 unspecified atom stereocenters. The first kappa shape index (κ1) is 25.9. The number of aromatic hydroxyl groups is 1. The monoisotopic (exact) mass is 514 g/mol. The lowest BCUT2D eigenvalue weighted by atomic mass is 10.1. The molecule has 2 aromatic carbocycles. The molecule has 2 heterocycles. The summed E-state index contributed by atoms with van der Waals surface area (Å²) in [5.41, 5.74) is 3.35. The van der Waals surface area contributed by atoms with Crippen molar-refractivity contribution >= 4 is 35.4 Å². The van der Waals surface area contributed by atoms with Crippen LogP contribution in [0.5, 0.6) is 5.75 Å². The molecule has 12 heteroatoms. The minimum Gasteiger partial charge on any atom is -0.507 e. The molecule has 0 aromatic heterocycles. The number of benzene rings is 2.